The molecule has 87 heavy (non-hydrogen) atoms. The molecular formula is C63H114N11O12S+. The van der Waals surface area contributed by atoms with Crippen molar-refractivity contribution in [2.24, 2.45) is 40.9 Å². The molecular weight excluding hydrogens is 1130 g/mol. The fraction of sp³-hybridized carbons (Fsp3) is 0.794. The molecule has 0 aromatic carbocycles. The molecule has 5 N–H and O–H groups in total. The van der Waals surface area contributed by atoms with Gasteiger partial charge in [-0.25, -0.2) is 4.79 Å². The Hall–Kier alpha value is -5.46. The second-order valence-corrected chi connectivity index (χ2v) is 28.4. The normalized spacial score (nSPS) is 29.1. The summed E-state index contributed by atoms with van der Waals surface area (Å²) in [5.41, 5.74) is -0.570. The van der Waals surface area contributed by atoms with Crippen LogP contribution in [-0.2, 0) is 47.9 Å². The summed E-state index contributed by atoms with van der Waals surface area (Å²) in [5, 5.41) is 37.7. The van der Waals surface area contributed by atoms with Crippen LogP contribution in [0.5, 0.6) is 0 Å². The molecule has 1 saturated heterocycles. The number of hydrogen-bond donors (Lipinski definition) is 5. The van der Waals surface area contributed by atoms with E-state index >= 15 is 14.8 Å². The smallest absolute Gasteiger partial charge is 0.413 e. The topological polar surface area (TPSA) is 281 Å². The van der Waals surface area contributed by atoms with Gasteiger partial charge in [0, 0.05) is 41.7 Å². The molecule has 24 heteroatoms. The summed E-state index contributed by atoms with van der Waals surface area (Å²) in [4.78, 5) is 153. The maximum atomic E-state index is 15.7. The lowest BCUT2D eigenvalue weighted by Crippen LogP contribution is -2.67. The molecule has 0 bridgehead atoms. The van der Waals surface area contributed by atoms with Crippen LogP contribution < -0.4 is 21.3 Å². The van der Waals surface area contributed by atoms with Crippen molar-refractivity contribution >= 4 is 77.6 Å². The number of carbonyl (C=O) groups excluding carboxylic acids is 10. The molecule has 0 spiro atoms. The minimum Gasteiger partial charge on any atom is -0.628 e. The molecule has 0 aromatic heterocycles. The van der Waals surface area contributed by atoms with Gasteiger partial charge in [-0.15, -0.1) is 16.3 Å². The number of quaternary nitrogens is 1. The van der Waals surface area contributed by atoms with E-state index in [9.17, 15) is 43.5 Å². The fourth-order valence-electron chi connectivity index (χ4n) is 11.1. The van der Waals surface area contributed by atoms with E-state index in [2.05, 4.69) is 28.0 Å². The summed E-state index contributed by atoms with van der Waals surface area (Å²) in [6, 6.07) is -11.9. The summed E-state index contributed by atoms with van der Waals surface area (Å²) in [7, 11) is 8.26. The average molecular weight is 1250 g/mol. The van der Waals surface area contributed by atoms with Gasteiger partial charge in [0.1, 0.15) is 49.0 Å². The van der Waals surface area contributed by atoms with E-state index in [0.717, 1.165) is 21.2 Å². The van der Waals surface area contributed by atoms with Crippen molar-refractivity contribution < 1.29 is 62.3 Å². The average Bonchev–Trinajstić information content (AvgIpc) is 1.06. The summed E-state index contributed by atoms with van der Waals surface area (Å²) < 4.78 is -0.369. The van der Waals surface area contributed by atoms with Crippen LogP contribution in [0.4, 0.5) is 0 Å². The highest BCUT2D eigenvalue weighted by atomic mass is 32.2. The van der Waals surface area contributed by atoms with Crippen LogP contribution >= 0.6 is 11.8 Å². The van der Waals surface area contributed by atoms with Gasteiger partial charge in [0.2, 0.25) is 41.4 Å². The standard InChI is InChI=1S/C63H113N11O12S/c1-27-29-30-40(13)51(75)50-55(79)66-43(28-2)57(81)73(24)62(87-26)61(85)69(20)45(34-63(16,17)18)54(78)67-48(38(9)10)59(83)68(19)44(31-35(3)4)53(77)64-41(14)52(76)65-42(15)56(80)70(21)47(33-37(7)8)74(25,86)46(32-36(5)6)58(82)71(22)49(39(11)12)60(84)72(50)23/h27,29,35-51,62,75H,21,28,30-34H2,1-20,22-26H3,(H3-,64,65,66,67,76,77,78,79)/p+1/b29-27+/t40-,41+,42+,43+,44+,45+,46+,47-,48+,49+,50?,51+,62+,74?/m1/s1. The monoisotopic (exact) mass is 1250 g/mol. The highest BCUT2D eigenvalue weighted by Gasteiger charge is 2.51. The number of carbonyl (C=O) groups is 10. The number of nitrogens with zero attached hydrogens (tertiary/aromatic N) is 7. The molecule has 0 aromatic rings. The number of aliphatic hydroxyl groups excluding tert-OH is 1. The van der Waals surface area contributed by atoms with Gasteiger partial charge in [-0.2, -0.15) is 0 Å². The number of likely N-dealkylation sites (N-methyl/N-ethyl adjacent to an activating group) is 6. The number of thioether (sulfide) groups is 1. The zero-order valence-corrected chi connectivity index (χ0v) is 58.3. The van der Waals surface area contributed by atoms with Gasteiger partial charge < -0.3 is 56.1 Å². The lowest BCUT2D eigenvalue weighted by Gasteiger charge is -2.49. The molecule has 1 fully saturated rings. The Morgan fingerprint density at radius 3 is 1.59 bits per heavy atom. The molecule has 498 valence electrons. The predicted octanol–water partition coefficient (Wildman–Crippen LogP) is 4.57. The molecule has 23 nitrogen and oxygen atoms in total. The van der Waals surface area contributed by atoms with Gasteiger partial charge in [0.25, 0.3) is 18.0 Å². The molecule has 1 rings (SSSR count). The molecule has 10 amide bonds. The Balaban J connectivity index is 4.50. The molecule has 0 saturated carbocycles. The Labute approximate surface area is 525 Å². The summed E-state index contributed by atoms with van der Waals surface area (Å²) in [5.74, 6) is -9.76. The van der Waals surface area contributed by atoms with Crippen LogP contribution in [0.3, 0.4) is 0 Å². The second-order valence-electron chi connectivity index (χ2n) is 27.4. The van der Waals surface area contributed by atoms with Crippen LogP contribution in [0, 0.1) is 46.1 Å². The van der Waals surface area contributed by atoms with E-state index in [0.29, 0.717) is 6.42 Å². The van der Waals surface area contributed by atoms with Crippen LogP contribution in [0.2, 0.25) is 0 Å². The Morgan fingerprint density at radius 2 is 1.13 bits per heavy atom. The zero-order chi connectivity index (χ0) is 67.8. The van der Waals surface area contributed by atoms with E-state index in [1.807, 2.05) is 62.3 Å². The molecule has 0 radical (unpaired) electrons. The zero-order valence-electron chi connectivity index (χ0n) is 57.5. The first-order valence-electron chi connectivity index (χ1n) is 31.0. The van der Waals surface area contributed by atoms with E-state index in [-0.39, 0.29) is 49.9 Å². The van der Waals surface area contributed by atoms with Crippen molar-refractivity contribution in [2.75, 3.05) is 48.5 Å². The maximum absolute atomic E-state index is 15.7. The van der Waals surface area contributed by atoms with Gasteiger partial charge in [0.15, 0.2) is 17.5 Å². The third kappa shape index (κ3) is 21.6. The Morgan fingerprint density at radius 1 is 0.632 bits per heavy atom. The first-order valence-corrected chi connectivity index (χ1v) is 32.3. The second kappa shape index (κ2) is 34.5. The largest absolute Gasteiger partial charge is 0.628 e. The quantitative estimate of drug-likeness (QED) is 0.0651. The number of hydroxylamine groups is 3. The molecule has 1 aliphatic heterocycles. The van der Waals surface area contributed by atoms with Crippen LogP contribution in [0.1, 0.15) is 163 Å². The van der Waals surface area contributed by atoms with E-state index in [4.69, 9.17) is 0 Å². The molecule has 0 aliphatic carbocycles. The van der Waals surface area contributed by atoms with Crippen LogP contribution in [-0.4, -0.2) is 225 Å². The number of nitrogens with one attached hydrogen (secondary N) is 4. The lowest BCUT2D eigenvalue weighted by atomic mass is 9.87. The van der Waals surface area contributed by atoms with E-state index in [1.54, 1.807) is 66.9 Å². The first kappa shape index (κ1) is 79.6. The molecule has 2 unspecified atom stereocenters. The van der Waals surface area contributed by atoms with Crippen molar-refractivity contribution in [2.45, 2.75) is 235 Å². The summed E-state index contributed by atoms with van der Waals surface area (Å²) >= 11 is 1.01. The van der Waals surface area contributed by atoms with E-state index in [1.165, 1.54) is 75.7 Å². The summed E-state index contributed by atoms with van der Waals surface area (Å²) in [6.45, 7) is 35.6. The lowest BCUT2D eigenvalue weighted by molar-refractivity contribution is -0.976. The fourth-order valence-corrected chi connectivity index (χ4v) is 11.9. The van der Waals surface area contributed by atoms with Crippen LogP contribution in [0.25, 0.3) is 0 Å². The third-order valence-electron chi connectivity index (χ3n) is 16.5. The van der Waals surface area contributed by atoms with Gasteiger partial charge >= 0.3 is 5.91 Å². The minimum absolute atomic E-state index is 0.00154. The van der Waals surface area contributed by atoms with Gasteiger partial charge in [0.05, 0.1) is 19.6 Å². The Kier molecular flexibility index (Phi) is 31.5. The molecule has 1 aliphatic rings. The highest BCUT2D eigenvalue weighted by molar-refractivity contribution is 7.99. The van der Waals surface area contributed by atoms with Gasteiger partial charge in [-0.05, 0) is 93.6 Å². The van der Waals surface area contributed by atoms with Crippen molar-refractivity contribution in [1.82, 2.24) is 45.8 Å². The minimum atomic E-state index is -1.65. The number of allylic oxidation sites excluding steroid dienone is 2. The molecule has 1 heterocycles. The Bertz CT molecular complexity index is 2430. The summed E-state index contributed by atoms with van der Waals surface area (Å²) in [6.07, 6.45) is 2.92. The van der Waals surface area contributed by atoms with Crippen LogP contribution in [0.15, 0.2) is 12.2 Å². The van der Waals surface area contributed by atoms with E-state index < -0.39 is 159 Å². The van der Waals surface area contributed by atoms with Gasteiger partial charge in [-0.1, -0.05) is 116 Å². The van der Waals surface area contributed by atoms with Gasteiger partial charge in [-0.3, -0.25) is 47.8 Å². The first-order chi connectivity index (χ1) is 39.9. The number of aliphatic hydroxyl groups is 1. The van der Waals surface area contributed by atoms with Crippen molar-refractivity contribution in [3.05, 3.63) is 17.4 Å². The number of amides is 10. The van der Waals surface area contributed by atoms with Crippen molar-refractivity contribution in [1.29, 1.82) is 0 Å². The predicted molar refractivity (Wildman–Crippen MR) is 342 cm³/mol. The number of hydrogen-bond acceptors (Lipinski definition) is 13. The van der Waals surface area contributed by atoms with Crippen molar-refractivity contribution in [3.63, 3.8) is 0 Å². The SMILES string of the molecule is C=[N+]1C(=O)[C@H](C)NC(=O)[C@H](C)NC(=O)[C@H](CC(C)C)N(C)C(=O)[C@H](C(C)C)NC(=O)[C@H](CC(C)(C)C)N(C)C(=O)[C@H](SC)N(C)C(=O)[C@H](CC)NC(=O)C([C@@H](O)[C@H](C)C/C=C/C)N(C)C(=O)[C@H](C(C)C)N(C)C(=O)[C@H](CC(C)C)[N+](C)([O-])[C@@H]1CC(C)C. The maximum Gasteiger partial charge on any atom is 0.413 e. The highest BCUT2D eigenvalue weighted by Crippen LogP contribution is 2.31. The third-order valence-corrected chi connectivity index (χ3v) is 17.4. The number of rotatable bonds is 15. The molecule has 14 atom stereocenters. The van der Waals surface area contributed by atoms with Crippen molar-refractivity contribution in [3.8, 4) is 0 Å².